The van der Waals surface area contributed by atoms with Gasteiger partial charge in [-0.2, -0.15) is 13.2 Å². The van der Waals surface area contributed by atoms with Gasteiger partial charge >= 0.3 is 18.1 Å². The predicted molar refractivity (Wildman–Crippen MR) is 139 cm³/mol. The van der Waals surface area contributed by atoms with E-state index in [1.807, 2.05) is 0 Å². The first-order valence-corrected chi connectivity index (χ1v) is 12.5. The van der Waals surface area contributed by atoms with E-state index < -0.39 is 78.9 Å². The van der Waals surface area contributed by atoms with Gasteiger partial charge in [-0.25, -0.2) is 4.79 Å². The standard InChI is InChI=1S/C19H31N11O6.C2HF3O2/c20-19(21)23-3-1-2-11-16(34)24-8-14(31)27-12(7-15(32)33)17(35)26-10-6-13(18(36)28-11)30(9-10)5-4-25-29-22;3-2(4,5)1(6)7/h10-13H,1-9H2,(H,24,34)(H,26,35)(H,27,31)(H,28,36)(H,32,33)(H4,20,21,23);(H,6,7)/t10-,11-,12-,13-;/m0./s1. The fraction of sp³-hybridized carbons (Fsp3) is 0.667. The number of rotatable bonds is 9. The molecule has 0 unspecified atom stereocenters. The van der Waals surface area contributed by atoms with E-state index in [2.05, 4.69) is 36.3 Å². The highest BCUT2D eigenvalue weighted by Gasteiger charge is 2.40. The maximum absolute atomic E-state index is 13.2. The van der Waals surface area contributed by atoms with Gasteiger partial charge in [0.25, 0.3) is 0 Å². The van der Waals surface area contributed by atoms with Gasteiger partial charge in [0, 0.05) is 37.1 Å². The Morgan fingerprint density at radius 3 is 2.23 bits per heavy atom. The minimum atomic E-state index is -5.08. The number of hydrogen-bond donors (Lipinski definition) is 8. The van der Waals surface area contributed by atoms with E-state index in [0.29, 0.717) is 6.42 Å². The molecule has 2 saturated heterocycles. The van der Waals surface area contributed by atoms with Crippen LogP contribution in [0.15, 0.2) is 10.1 Å². The average Bonchev–Trinajstić information content (AvgIpc) is 3.30. The molecule has 0 saturated carbocycles. The molecule has 2 bridgehead atoms. The van der Waals surface area contributed by atoms with Crippen LogP contribution in [0.4, 0.5) is 13.2 Å². The smallest absolute Gasteiger partial charge is 0.481 e. The summed E-state index contributed by atoms with van der Waals surface area (Å²) >= 11 is 0. The van der Waals surface area contributed by atoms with Gasteiger partial charge in [0.2, 0.25) is 23.6 Å². The summed E-state index contributed by atoms with van der Waals surface area (Å²) in [5, 5.41) is 29.9. The number of carbonyl (C=O) groups is 6. The number of carbonyl (C=O) groups excluding carboxylic acids is 4. The molecular weight excluding hydrogens is 591 g/mol. The third-order valence-corrected chi connectivity index (χ3v) is 5.88. The van der Waals surface area contributed by atoms with Crippen molar-refractivity contribution in [3.8, 4) is 0 Å². The Balaban J connectivity index is 0.00000117. The minimum absolute atomic E-state index is 0.0705. The summed E-state index contributed by atoms with van der Waals surface area (Å²) in [6, 6.07) is -3.70. The quantitative estimate of drug-likeness (QED) is 0.0322. The fourth-order valence-corrected chi connectivity index (χ4v) is 4.01. The largest absolute Gasteiger partial charge is 0.490 e. The van der Waals surface area contributed by atoms with E-state index >= 15 is 0 Å². The van der Waals surface area contributed by atoms with E-state index in [4.69, 9.17) is 32.0 Å². The first-order chi connectivity index (χ1) is 20.0. The molecule has 10 N–H and O–H groups in total. The van der Waals surface area contributed by atoms with Gasteiger partial charge in [-0.1, -0.05) is 5.11 Å². The lowest BCUT2D eigenvalue weighted by atomic mass is 10.1. The molecule has 0 spiro atoms. The number of likely N-dealkylation sites (tertiary alicyclic amines) is 1. The van der Waals surface area contributed by atoms with Gasteiger partial charge in [0.1, 0.15) is 12.1 Å². The number of fused-ring (bicyclic) bond motifs is 2. The minimum Gasteiger partial charge on any atom is -0.481 e. The van der Waals surface area contributed by atoms with Crippen molar-refractivity contribution in [3.63, 3.8) is 0 Å². The van der Waals surface area contributed by atoms with Crippen molar-refractivity contribution >= 4 is 41.5 Å². The van der Waals surface area contributed by atoms with Gasteiger partial charge in [0.05, 0.1) is 19.0 Å². The zero-order chi connectivity index (χ0) is 32.7. The van der Waals surface area contributed by atoms with Crippen molar-refractivity contribution in [2.45, 2.75) is 56.0 Å². The second kappa shape index (κ2) is 17.2. The highest BCUT2D eigenvalue weighted by Crippen LogP contribution is 2.19. The summed E-state index contributed by atoms with van der Waals surface area (Å²) in [4.78, 5) is 79.4. The van der Waals surface area contributed by atoms with Crippen LogP contribution in [0.1, 0.15) is 25.7 Å². The van der Waals surface area contributed by atoms with Crippen molar-refractivity contribution in [2.24, 2.45) is 21.6 Å². The lowest BCUT2D eigenvalue weighted by Gasteiger charge is -2.25. The molecule has 2 aliphatic heterocycles. The molecule has 0 aromatic rings. The molecule has 2 rings (SSSR count). The number of nitrogens with one attached hydrogen (secondary N) is 4. The number of nitrogens with two attached hydrogens (primary N) is 2. The number of azide groups is 1. The molecule has 43 heavy (non-hydrogen) atoms. The Hall–Kier alpha value is -4.85. The number of amides is 4. The number of carboxylic acid groups (broad SMARTS) is 2. The Morgan fingerprint density at radius 2 is 1.67 bits per heavy atom. The average molecular weight is 624 g/mol. The maximum atomic E-state index is 13.2. The monoisotopic (exact) mass is 623 g/mol. The molecule has 4 atom stereocenters. The third kappa shape index (κ3) is 13.6. The van der Waals surface area contributed by atoms with Crippen molar-refractivity contribution in [2.75, 3.05) is 32.7 Å². The zero-order valence-electron chi connectivity index (χ0n) is 22.5. The van der Waals surface area contributed by atoms with Crippen LogP contribution in [-0.2, 0) is 28.8 Å². The molecule has 2 heterocycles. The molecule has 0 radical (unpaired) electrons. The molecule has 4 amide bonds. The van der Waals surface area contributed by atoms with Gasteiger partial charge in [-0.15, -0.1) is 0 Å². The Morgan fingerprint density at radius 1 is 1.02 bits per heavy atom. The van der Waals surface area contributed by atoms with Crippen LogP contribution in [0.2, 0.25) is 0 Å². The van der Waals surface area contributed by atoms with E-state index in [-0.39, 0.29) is 45.0 Å². The summed E-state index contributed by atoms with van der Waals surface area (Å²) in [6.07, 6.45) is -5.07. The van der Waals surface area contributed by atoms with Gasteiger partial charge in [-0.3, -0.25) is 33.9 Å². The Bertz CT molecular complexity index is 1130. The number of carboxylic acids is 2. The van der Waals surface area contributed by atoms with Crippen molar-refractivity contribution in [1.82, 2.24) is 26.2 Å². The van der Waals surface area contributed by atoms with Crippen LogP contribution < -0.4 is 32.7 Å². The zero-order valence-corrected chi connectivity index (χ0v) is 22.5. The topological polar surface area (TPSA) is 307 Å². The Labute approximate surface area is 241 Å². The van der Waals surface area contributed by atoms with Crippen LogP contribution in [0.5, 0.6) is 0 Å². The molecule has 2 aliphatic rings. The lowest BCUT2D eigenvalue weighted by molar-refractivity contribution is -0.192. The summed E-state index contributed by atoms with van der Waals surface area (Å²) in [5.41, 5.74) is 19.2. The highest BCUT2D eigenvalue weighted by atomic mass is 19.4. The molecule has 0 aromatic carbocycles. The number of guanidine groups is 1. The number of aliphatic imine (C=N–C) groups is 1. The van der Waals surface area contributed by atoms with Gasteiger partial charge in [-0.05, 0) is 24.8 Å². The predicted octanol–water partition coefficient (Wildman–Crippen LogP) is -2.88. The van der Waals surface area contributed by atoms with E-state index in [0.717, 1.165) is 0 Å². The highest BCUT2D eigenvalue weighted by molar-refractivity contribution is 5.95. The first-order valence-electron chi connectivity index (χ1n) is 12.5. The SMILES string of the molecule is O=C(O)C(F)(F)F.[N-]=[N+]=NCCN1C[C@@H]2C[C@H]1C(=O)N[C@@H](CCCN=C(N)N)C(=O)NCC(=O)N[C@@H](CC(=O)O)C(=O)N2. The van der Waals surface area contributed by atoms with Crippen molar-refractivity contribution < 1.29 is 52.2 Å². The van der Waals surface area contributed by atoms with E-state index in [1.54, 1.807) is 4.90 Å². The van der Waals surface area contributed by atoms with E-state index in [9.17, 15) is 37.1 Å². The van der Waals surface area contributed by atoms with Crippen molar-refractivity contribution in [1.29, 1.82) is 0 Å². The third-order valence-electron chi connectivity index (χ3n) is 5.88. The first kappa shape index (κ1) is 36.2. The lowest BCUT2D eigenvalue weighted by Crippen LogP contribution is -2.55. The summed E-state index contributed by atoms with van der Waals surface area (Å²) in [6.45, 7) is 0.176. The van der Waals surface area contributed by atoms with Gasteiger partial charge in [0.15, 0.2) is 5.96 Å². The molecule has 22 heteroatoms. The fourth-order valence-electron chi connectivity index (χ4n) is 4.01. The molecule has 0 aromatic heterocycles. The summed E-state index contributed by atoms with van der Waals surface area (Å²) in [7, 11) is 0. The number of nitrogens with zero attached hydrogens (tertiary/aromatic N) is 5. The number of halogens is 3. The van der Waals surface area contributed by atoms with Crippen LogP contribution in [-0.4, -0.2) is 120 Å². The number of alkyl halides is 3. The van der Waals surface area contributed by atoms with Crippen LogP contribution in [0.3, 0.4) is 0 Å². The second-order valence-corrected chi connectivity index (χ2v) is 9.16. The van der Waals surface area contributed by atoms with E-state index in [1.165, 1.54) is 0 Å². The molecule has 2 fully saturated rings. The van der Waals surface area contributed by atoms with Crippen LogP contribution in [0.25, 0.3) is 10.4 Å². The molecule has 240 valence electrons. The molecule has 19 nitrogen and oxygen atoms in total. The molecule has 0 aliphatic carbocycles. The summed E-state index contributed by atoms with van der Waals surface area (Å²) < 4.78 is 31.7. The second-order valence-electron chi connectivity index (χ2n) is 9.16. The maximum Gasteiger partial charge on any atom is 0.490 e. The van der Waals surface area contributed by atoms with Crippen molar-refractivity contribution in [3.05, 3.63) is 10.4 Å². The van der Waals surface area contributed by atoms with Crippen LogP contribution >= 0.6 is 0 Å². The van der Waals surface area contributed by atoms with Gasteiger partial charge < -0.3 is 42.9 Å². The summed E-state index contributed by atoms with van der Waals surface area (Å²) in [5.74, 6) is -6.81. The van der Waals surface area contributed by atoms with Crippen LogP contribution in [0, 0.1) is 0 Å². The number of hydrogen-bond acceptors (Lipinski definition) is 9. The Kier molecular flexibility index (Phi) is 14.5. The molecular formula is C21H32F3N11O8. The number of aliphatic carboxylic acids is 2. The normalized spacial score (nSPS) is 23.0.